The van der Waals surface area contributed by atoms with Crippen molar-refractivity contribution in [1.82, 2.24) is 0 Å². The number of hydrogen-bond donors (Lipinski definition) is 1. The summed E-state index contributed by atoms with van der Waals surface area (Å²) >= 11 is 0. The molecule has 3 nitrogen and oxygen atoms in total. The summed E-state index contributed by atoms with van der Waals surface area (Å²) < 4.78 is 25.5. The molecule has 5 heteroatoms. The molecule has 1 aromatic rings. The van der Waals surface area contributed by atoms with Crippen LogP contribution in [0.4, 0.5) is 15.8 Å². The van der Waals surface area contributed by atoms with Gasteiger partial charge in [0.05, 0.1) is 5.69 Å². The SMILES string of the molecule is O=S1CCC(Nc2ccc(N3CCCC3)c(F)c2)CC1. The lowest BCUT2D eigenvalue weighted by Gasteiger charge is -2.24. The highest BCUT2D eigenvalue weighted by Gasteiger charge is 2.19. The largest absolute Gasteiger partial charge is 0.382 e. The summed E-state index contributed by atoms with van der Waals surface area (Å²) in [5.41, 5.74) is 1.56. The molecule has 0 saturated carbocycles. The van der Waals surface area contributed by atoms with Crippen LogP contribution in [0, 0.1) is 5.82 Å². The second-order valence-corrected chi connectivity index (χ2v) is 7.32. The van der Waals surface area contributed by atoms with Gasteiger partial charge in [-0.05, 0) is 43.9 Å². The molecule has 2 saturated heterocycles. The van der Waals surface area contributed by atoms with E-state index >= 15 is 0 Å². The third-order valence-electron chi connectivity index (χ3n) is 4.15. The van der Waals surface area contributed by atoms with Gasteiger partial charge in [0.1, 0.15) is 5.82 Å². The highest BCUT2D eigenvalue weighted by molar-refractivity contribution is 7.85. The normalized spacial score (nSPS) is 26.8. The average molecular weight is 296 g/mol. The molecule has 0 spiro atoms. The number of benzene rings is 1. The standard InChI is InChI=1S/C15H21FN2OS/c16-14-11-13(17-12-5-9-20(19)10-6-12)3-4-15(14)18-7-1-2-8-18/h3-4,11-12,17H,1-2,5-10H2. The van der Waals surface area contributed by atoms with Gasteiger partial charge in [0.25, 0.3) is 0 Å². The molecule has 0 bridgehead atoms. The topological polar surface area (TPSA) is 32.3 Å². The molecule has 20 heavy (non-hydrogen) atoms. The van der Waals surface area contributed by atoms with E-state index < -0.39 is 10.8 Å². The molecule has 0 aromatic heterocycles. The zero-order valence-electron chi connectivity index (χ0n) is 11.6. The van der Waals surface area contributed by atoms with Gasteiger partial charge in [-0.15, -0.1) is 0 Å². The van der Waals surface area contributed by atoms with Crippen LogP contribution in [0.3, 0.4) is 0 Å². The van der Waals surface area contributed by atoms with Crippen molar-refractivity contribution in [2.24, 2.45) is 0 Å². The van der Waals surface area contributed by atoms with Gasteiger partial charge in [-0.1, -0.05) is 0 Å². The first-order chi connectivity index (χ1) is 9.72. The van der Waals surface area contributed by atoms with Crippen molar-refractivity contribution in [3.63, 3.8) is 0 Å². The van der Waals surface area contributed by atoms with E-state index in [4.69, 9.17) is 0 Å². The van der Waals surface area contributed by atoms with Crippen LogP contribution in [0.25, 0.3) is 0 Å². The van der Waals surface area contributed by atoms with Crippen molar-refractivity contribution < 1.29 is 8.60 Å². The Morgan fingerprint density at radius 1 is 1.20 bits per heavy atom. The molecule has 0 aliphatic carbocycles. The first kappa shape index (κ1) is 13.9. The van der Waals surface area contributed by atoms with E-state index in [1.165, 1.54) is 0 Å². The summed E-state index contributed by atoms with van der Waals surface area (Å²) in [6, 6.07) is 5.76. The molecule has 1 aromatic carbocycles. The summed E-state index contributed by atoms with van der Waals surface area (Å²) in [4.78, 5) is 2.11. The van der Waals surface area contributed by atoms with Crippen LogP contribution in [0.15, 0.2) is 18.2 Å². The molecule has 110 valence electrons. The maximum absolute atomic E-state index is 14.2. The average Bonchev–Trinajstić information content (AvgIpc) is 2.95. The van der Waals surface area contributed by atoms with Crippen molar-refractivity contribution in [2.75, 3.05) is 34.8 Å². The fourth-order valence-electron chi connectivity index (χ4n) is 2.99. The Bertz CT molecular complexity index is 493. The number of hydrogen-bond acceptors (Lipinski definition) is 3. The van der Waals surface area contributed by atoms with Crippen LogP contribution < -0.4 is 10.2 Å². The molecule has 0 radical (unpaired) electrons. The van der Waals surface area contributed by atoms with Crippen LogP contribution in [-0.4, -0.2) is 34.8 Å². The minimum absolute atomic E-state index is 0.142. The summed E-state index contributed by atoms with van der Waals surface area (Å²) in [6.45, 7) is 1.91. The summed E-state index contributed by atoms with van der Waals surface area (Å²) in [5, 5.41) is 3.37. The summed E-state index contributed by atoms with van der Waals surface area (Å²) in [7, 11) is -0.649. The van der Waals surface area contributed by atoms with E-state index in [0.717, 1.165) is 61.7 Å². The lowest BCUT2D eigenvalue weighted by Crippen LogP contribution is -2.29. The predicted molar refractivity (Wildman–Crippen MR) is 82.4 cm³/mol. The Morgan fingerprint density at radius 2 is 1.90 bits per heavy atom. The van der Waals surface area contributed by atoms with Crippen LogP contribution in [0.2, 0.25) is 0 Å². The van der Waals surface area contributed by atoms with E-state index in [1.54, 1.807) is 6.07 Å². The molecule has 2 heterocycles. The van der Waals surface area contributed by atoms with Crippen LogP contribution in [0.1, 0.15) is 25.7 Å². The molecule has 0 atom stereocenters. The number of nitrogens with one attached hydrogen (secondary N) is 1. The highest BCUT2D eigenvalue weighted by atomic mass is 32.2. The first-order valence-electron chi connectivity index (χ1n) is 7.38. The molecule has 0 amide bonds. The lowest BCUT2D eigenvalue weighted by molar-refractivity contribution is 0.615. The smallest absolute Gasteiger partial charge is 0.148 e. The van der Waals surface area contributed by atoms with E-state index in [2.05, 4.69) is 10.2 Å². The van der Waals surface area contributed by atoms with E-state index in [-0.39, 0.29) is 5.82 Å². The second kappa shape index (κ2) is 6.12. The highest BCUT2D eigenvalue weighted by Crippen LogP contribution is 2.27. The van der Waals surface area contributed by atoms with E-state index in [1.807, 2.05) is 12.1 Å². The Hall–Kier alpha value is -1.10. The second-order valence-electron chi connectivity index (χ2n) is 5.63. The zero-order valence-corrected chi connectivity index (χ0v) is 12.4. The van der Waals surface area contributed by atoms with Crippen LogP contribution in [-0.2, 0) is 10.8 Å². The van der Waals surface area contributed by atoms with Crippen molar-refractivity contribution in [2.45, 2.75) is 31.7 Å². The van der Waals surface area contributed by atoms with Gasteiger partial charge in [0.2, 0.25) is 0 Å². The minimum atomic E-state index is -0.649. The molecule has 3 rings (SSSR count). The quantitative estimate of drug-likeness (QED) is 0.931. The van der Waals surface area contributed by atoms with Gasteiger partial charge >= 0.3 is 0 Å². The van der Waals surface area contributed by atoms with Gasteiger partial charge in [0, 0.05) is 47.1 Å². The minimum Gasteiger partial charge on any atom is -0.382 e. The Labute approximate surface area is 122 Å². The number of halogens is 1. The molecule has 2 aliphatic heterocycles. The van der Waals surface area contributed by atoms with E-state index in [0.29, 0.717) is 6.04 Å². The Balaban J connectivity index is 1.65. The fourth-order valence-corrected chi connectivity index (χ4v) is 4.28. The van der Waals surface area contributed by atoms with Crippen molar-refractivity contribution in [3.8, 4) is 0 Å². The van der Waals surface area contributed by atoms with Crippen molar-refractivity contribution in [1.29, 1.82) is 0 Å². The van der Waals surface area contributed by atoms with Crippen LogP contribution >= 0.6 is 0 Å². The first-order valence-corrected chi connectivity index (χ1v) is 8.87. The number of nitrogens with zero attached hydrogens (tertiary/aromatic N) is 1. The zero-order chi connectivity index (χ0) is 13.9. The molecule has 1 N–H and O–H groups in total. The monoisotopic (exact) mass is 296 g/mol. The van der Waals surface area contributed by atoms with Crippen molar-refractivity contribution in [3.05, 3.63) is 24.0 Å². The summed E-state index contributed by atoms with van der Waals surface area (Å²) in [5.74, 6) is 1.37. The van der Waals surface area contributed by atoms with E-state index in [9.17, 15) is 8.60 Å². The molecule has 0 unspecified atom stereocenters. The molecular formula is C15H21FN2OS. The number of rotatable bonds is 3. The van der Waals surface area contributed by atoms with Gasteiger partial charge in [0.15, 0.2) is 0 Å². The number of anilines is 2. The lowest BCUT2D eigenvalue weighted by atomic mass is 10.1. The third kappa shape index (κ3) is 3.14. The molecule has 2 aliphatic rings. The van der Waals surface area contributed by atoms with Gasteiger partial charge in [-0.25, -0.2) is 4.39 Å². The maximum atomic E-state index is 14.2. The fraction of sp³-hybridized carbons (Fsp3) is 0.600. The van der Waals surface area contributed by atoms with Gasteiger partial charge in [-0.3, -0.25) is 4.21 Å². The predicted octanol–water partition coefficient (Wildman–Crippen LogP) is 2.75. The third-order valence-corrected chi connectivity index (χ3v) is 5.54. The Kier molecular flexibility index (Phi) is 4.24. The van der Waals surface area contributed by atoms with Crippen LogP contribution in [0.5, 0.6) is 0 Å². The van der Waals surface area contributed by atoms with Crippen molar-refractivity contribution >= 4 is 22.2 Å². The van der Waals surface area contributed by atoms with Gasteiger partial charge in [-0.2, -0.15) is 0 Å². The summed E-state index contributed by atoms with van der Waals surface area (Å²) in [6.07, 6.45) is 4.11. The Morgan fingerprint density at radius 3 is 2.55 bits per heavy atom. The molecule has 2 fully saturated rings. The molecular weight excluding hydrogens is 275 g/mol. The van der Waals surface area contributed by atoms with Gasteiger partial charge < -0.3 is 10.2 Å². The maximum Gasteiger partial charge on any atom is 0.148 e.